The molecule has 5 rings (SSSR count). The van der Waals surface area contributed by atoms with Crippen molar-refractivity contribution in [3.8, 4) is 10.4 Å². The lowest BCUT2D eigenvalue weighted by molar-refractivity contribution is -0.140. The number of hydrogen-bond donors (Lipinski definition) is 2. The van der Waals surface area contributed by atoms with E-state index in [9.17, 15) is 23.1 Å². The summed E-state index contributed by atoms with van der Waals surface area (Å²) < 4.78 is 34.3. The highest BCUT2D eigenvalue weighted by atomic mass is 35.5. The van der Waals surface area contributed by atoms with E-state index in [1.165, 1.54) is 6.07 Å². The summed E-state index contributed by atoms with van der Waals surface area (Å²) in [6.45, 7) is 1.77. The molecule has 2 aliphatic rings. The third kappa shape index (κ3) is 4.67. The molecule has 1 saturated carbocycles. The van der Waals surface area contributed by atoms with Crippen LogP contribution in [0.25, 0.3) is 10.4 Å². The zero-order chi connectivity index (χ0) is 25.5. The fraction of sp³-hybridized carbons (Fsp3) is 0.280. The molecule has 8 nitrogen and oxygen atoms in total. The van der Waals surface area contributed by atoms with Crippen molar-refractivity contribution in [3.05, 3.63) is 76.8 Å². The summed E-state index contributed by atoms with van der Waals surface area (Å²) in [5.74, 6) is -2.17. The number of carboxylic acids is 1. The highest BCUT2D eigenvalue weighted by molar-refractivity contribution is 7.91. The van der Waals surface area contributed by atoms with Crippen LogP contribution in [-0.2, 0) is 19.6 Å². The number of carboxylic acid groups (broad SMARTS) is 1. The Bertz CT molecular complexity index is 1420. The van der Waals surface area contributed by atoms with Crippen LogP contribution in [0.2, 0.25) is 5.02 Å². The number of aliphatic carboxylic acids is 1. The SMILES string of the molecule is O=C(c1ccccc1C1CC1(NS(=O)(=O)c1ccc(-c2ccc(Cl)cc2)s1)C(=O)O)N1CCOCC1. The Morgan fingerprint density at radius 1 is 1.06 bits per heavy atom. The van der Waals surface area contributed by atoms with Gasteiger partial charge in [-0.25, -0.2) is 8.42 Å². The van der Waals surface area contributed by atoms with Crippen LogP contribution in [0.1, 0.15) is 28.3 Å². The molecule has 2 atom stereocenters. The van der Waals surface area contributed by atoms with Gasteiger partial charge in [-0.05, 0) is 47.9 Å². The van der Waals surface area contributed by atoms with Crippen molar-refractivity contribution in [2.75, 3.05) is 26.3 Å². The van der Waals surface area contributed by atoms with E-state index in [-0.39, 0.29) is 16.5 Å². The minimum Gasteiger partial charge on any atom is -0.480 e. The second kappa shape index (κ2) is 9.60. The van der Waals surface area contributed by atoms with Crippen molar-refractivity contribution in [2.24, 2.45) is 0 Å². The Labute approximate surface area is 217 Å². The minimum atomic E-state index is -4.14. The van der Waals surface area contributed by atoms with Crippen LogP contribution in [0.4, 0.5) is 0 Å². The van der Waals surface area contributed by atoms with E-state index >= 15 is 0 Å². The molecule has 188 valence electrons. The average Bonchev–Trinajstić information content (AvgIpc) is 3.36. The summed E-state index contributed by atoms with van der Waals surface area (Å²) in [5.41, 5.74) is -0.0244. The summed E-state index contributed by atoms with van der Waals surface area (Å²) >= 11 is 6.98. The third-order valence-electron chi connectivity index (χ3n) is 6.50. The number of nitrogens with one attached hydrogen (secondary N) is 1. The Hall–Kier alpha value is -2.76. The molecule has 2 aromatic carbocycles. The monoisotopic (exact) mass is 546 g/mol. The van der Waals surface area contributed by atoms with E-state index in [2.05, 4.69) is 4.72 Å². The Balaban J connectivity index is 1.41. The van der Waals surface area contributed by atoms with Crippen molar-refractivity contribution in [2.45, 2.75) is 22.1 Å². The van der Waals surface area contributed by atoms with E-state index in [0.29, 0.717) is 47.3 Å². The normalized spacial score (nSPS) is 21.8. The number of benzene rings is 2. The van der Waals surface area contributed by atoms with E-state index in [1.807, 2.05) is 0 Å². The summed E-state index contributed by atoms with van der Waals surface area (Å²) in [6.07, 6.45) is 0.0460. The van der Waals surface area contributed by atoms with Crippen molar-refractivity contribution in [3.63, 3.8) is 0 Å². The first kappa shape index (κ1) is 24.9. The van der Waals surface area contributed by atoms with Crippen molar-refractivity contribution in [1.82, 2.24) is 9.62 Å². The first-order chi connectivity index (χ1) is 17.2. The summed E-state index contributed by atoms with van der Waals surface area (Å²) in [5, 5.41) is 10.7. The lowest BCUT2D eigenvalue weighted by Crippen LogP contribution is -2.44. The van der Waals surface area contributed by atoms with Gasteiger partial charge in [0, 0.05) is 34.5 Å². The molecule has 1 saturated heterocycles. The van der Waals surface area contributed by atoms with Crippen LogP contribution in [0.5, 0.6) is 0 Å². The van der Waals surface area contributed by atoms with Crippen LogP contribution in [0, 0.1) is 0 Å². The Morgan fingerprint density at radius 2 is 1.75 bits per heavy atom. The number of amides is 1. The number of thiophene rings is 1. The number of ether oxygens (including phenoxy) is 1. The van der Waals surface area contributed by atoms with Crippen LogP contribution in [0.15, 0.2) is 64.9 Å². The van der Waals surface area contributed by atoms with E-state index in [4.69, 9.17) is 16.3 Å². The fourth-order valence-corrected chi connectivity index (χ4v) is 7.33. The van der Waals surface area contributed by atoms with Crippen molar-refractivity contribution >= 4 is 44.8 Å². The van der Waals surface area contributed by atoms with Crippen molar-refractivity contribution in [1.29, 1.82) is 0 Å². The molecule has 2 N–H and O–H groups in total. The summed E-state index contributed by atoms with van der Waals surface area (Å²) in [7, 11) is -4.14. The molecule has 3 aromatic rings. The maximum absolute atomic E-state index is 13.3. The average molecular weight is 547 g/mol. The van der Waals surface area contributed by atoms with Gasteiger partial charge in [-0.1, -0.05) is 41.9 Å². The predicted octanol–water partition coefficient (Wildman–Crippen LogP) is 3.83. The van der Waals surface area contributed by atoms with Gasteiger partial charge in [0.25, 0.3) is 15.9 Å². The molecule has 2 unspecified atom stereocenters. The minimum absolute atomic E-state index is 0.0106. The molecule has 2 fully saturated rings. The molecule has 11 heteroatoms. The maximum Gasteiger partial charge on any atom is 0.325 e. The molecule has 2 heterocycles. The third-order valence-corrected chi connectivity index (χ3v) is 9.89. The smallest absolute Gasteiger partial charge is 0.325 e. The van der Waals surface area contributed by atoms with Gasteiger partial charge in [-0.2, -0.15) is 4.72 Å². The van der Waals surface area contributed by atoms with Crippen molar-refractivity contribution < 1.29 is 27.9 Å². The van der Waals surface area contributed by atoms with Crippen LogP contribution in [-0.4, -0.2) is 62.1 Å². The van der Waals surface area contributed by atoms with Gasteiger partial charge in [0.1, 0.15) is 9.75 Å². The van der Waals surface area contributed by atoms with E-state index < -0.39 is 27.4 Å². The first-order valence-corrected chi connectivity index (χ1v) is 14.0. The van der Waals surface area contributed by atoms with Gasteiger partial charge in [0.2, 0.25) is 0 Å². The van der Waals surface area contributed by atoms with E-state index in [0.717, 1.165) is 16.9 Å². The lowest BCUT2D eigenvalue weighted by Gasteiger charge is -2.27. The van der Waals surface area contributed by atoms with Crippen LogP contribution >= 0.6 is 22.9 Å². The maximum atomic E-state index is 13.3. The molecule has 36 heavy (non-hydrogen) atoms. The number of carbonyl (C=O) groups excluding carboxylic acids is 1. The molecule has 1 aromatic heterocycles. The summed E-state index contributed by atoms with van der Waals surface area (Å²) in [4.78, 5) is 27.9. The van der Waals surface area contributed by atoms with Gasteiger partial charge in [-0.15, -0.1) is 11.3 Å². The Morgan fingerprint density at radius 3 is 2.44 bits per heavy atom. The zero-order valence-corrected chi connectivity index (χ0v) is 21.4. The quantitative estimate of drug-likeness (QED) is 0.466. The van der Waals surface area contributed by atoms with Gasteiger partial charge >= 0.3 is 5.97 Å². The largest absolute Gasteiger partial charge is 0.480 e. The molecular weight excluding hydrogens is 524 g/mol. The Kier molecular flexibility index (Phi) is 6.65. The van der Waals surface area contributed by atoms with Gasteiger partial charge in [0.15, 0.2) is 0 Å². The number of sulfonamides is 1. The molecule has 0 bridgehead atoms. The zero-order valence-electron chi connectivity index (χ0n) is 19.0. The number of halogens is 1. The number of nitrogens with zero attached hydrogens (tertiary/aromatic N) is 1. The number of morpholine rings is 1. The predicted molar refractivity (Wildman–Crippen MR) is 136 cm³/mol. The standard InChI is InChI=1S/C25H23ClN2O6S2/c26-17-7-5-16(6-8-17)21-9-10-22(35-21)36(32,33)27-25(24(30)31)15-20(25)18-3-1-2-4-19(18)23(29)28-11-13-34-14-12-28/h1-10,20,27H,11-15H2,(H,30,31). The highest BCUT2D eigenvalue weighted by Crippen LogP contribution is 2.53. The molecular formula is C25H23ClN2O6S2. The fourth-order valence-electron chi connectivity index (χ4n) is 4.49. The van der Waals surface area contributed by atoms with Gasteiger partial charge in [0.05, 0.1) is 13.2 Å². The second-order valence-electron chi connectivity index (χ2n) is 8.76. The number of carbonyl (C=O) groups is 2. The van der Waals surface area contributed by atoms with Crippen LogP contribution in [0.3, 0.4) is 0 Å². The van der Waals surface area contributed by atoms with Gasteiger partial charge < -0.3 is 14.7 Å². The first-order valence-electron chi connectivity index (χ1n) is 11.3. The number of rotatable bonds is 7. The molecule has 1 amide bonds. The molecule has 1 aliphatic carbocycles. The highest BCUT2D eigenvalue weighted by Gasteiger charge is 2.64. The summed E-state index contributed by atoms with van der Waals surface area (Å²) in [6, 6.07) is 16.9. The van der Waals surface area contributed by atoms with Crippen LogP contribution < -0.4 is 4.72 Å². The topological polar surface area (TPSA) is 113 Å². The number of hydrogen-bond acceptors (Lipinski definition) is 6. The molecule has 1 aliphatic heterocycles. The van der Waals surface area contributed by atoms with Gasteiger partial charge in [-0.3, -0.25) is 9.59 Å². The lowest BCUT2D eigenvalue weighted by atomic mass is 9.99. The van der Waals surface area contributed by atoms with E-state index in [1.54, 1.807) is 59.5 Å². The second-order valence-corrected chi connectivity index (χ2v) is 12.2. The molecule has 0 radical (unpaired) electrons. The molecule has 0 spiro atoms.